The van der Waals surface area contributed by atoms with Gasteiger partial charge in [-0.15, -0.1) is 0 Å². The zero-order valence-electron chi connectivity index (χ0n) is 14.8. The maximum absolute atomic E-state index is 12.6. The van der Waals surface area contributed by atoms with E-state index in [9.17, 15) is 13.2 Å². The summed E-state index contributed by atoms with van der Waals surface area (Å²) in [4.78, 5) is 16.6. The molecule has 0 bridgehead atoms. The molecule has 2 aromatic rings. The molecule has 3 rings (SSSR count). The fraction of sp³-hybridized carbons (Fsp3) is 0.500. The first kappa shape index (κ1) is 18.1. The Morgan fingerprint density at radius 2 is 1.96 bits per heavy atom. The average Bonchev–Trinajstić information content (AvgIpc) is 3.20. The van der Waals surface area contributed by atoms with Crippen LogP contribution in [0.1, 0.15) is 34.5 Å². The van der Waals surface area contributed by atoms with Crippen molar-refractivity contribution in [2.75, 3.05) is 33.7 Å². The molecule has 7 heteroatoms. The van der Waals surface area contributed by atoms with E-state index >= 15 is 0 Å². The highest BCUT2D eigenvalue weighted by Gasteiger charge is 2.25. The largest absolute Gasteiger partial charge is 0.352 e. The zero-order chi connectivity index (χ0) is 18.0. The summed E-state index contributed by atoms with van der Waals surface area (Å²) < 4.78 is 26.7. The first-order valence-corrected chi connectivity index (χ1v) is 10.2. The van der Waals surface area contributed by atoms with Crippen LogP contribution in [0.2, 0.25) is 0 Å². The van der Waals surface area contributed by atoms with Crippen molar-refractivity contribution in [2.24, 2.45) is 0 Å². The van der Waals surface area contributed by atoms with Crippen LogP contribution in [-0.4, -0.2) is 62.6 Å². The van der Waals surface area contributed by atoms with Crippen LogP contribution in [0.4, 0.5) is 0 Å². The molecule has 1 N–H and O–H groups in total. The van der Waals surface area contributed by atoms with Crippen LogP contribution in [0, 0.1) is 0 Å². The number of hydrogen-bond acceptors (Lipinski definition) is 4. The standard InChI is InChI=1S/C18H25N3O3S/c1-20(2)10-7-15-16-11-14(5-6-17(16)19-18(15)12-22)13-25(23,24)21-8-3-4-9-21/h5-6,11-12,19H,3-4,7-10,13H2,1-2H3. The van der Waals surface area contributed by atoms with Gasteiger partial charge in [0.2, 0.25) is 10.0 Å². The van der Waals surface area contributed by atoms with Crippen molar-refractivity contribution in [3.63, 3.8) is 0 Å². The smallest absolute Gasteiger partial charge is 0.218 e. The van der Waals surface area contributed by atoms with E-state index in [0.29, 0.717) is 18.8 Å². The van der Waals surface area contributed by atoms with Gasteiger partial charge in [0.25, 0.3) is 0 Å². The minimum absolute atomic E-state index is 0.0116. The number of fused-ring (bicyclic) bond motifs is 1. The Hall–Kier alpha value is -1.70. The second-order valence-electron chi connectivity index (χ2n) is 6.93. The van der Waals surface area contributed by atoms with Gasteiger partial charge in [-0.1, -0.05) is 6.07 Å². The predicted octanol–water partition coefficient (Wildman–Crippen LogP) is 2.01. The Morgan fingerprint density at radius 1 is 1.24 bits per heavy atom. The molecule has 0 unspecified atom stereocenters. The molecule has 25 heavy (non-hydrogen) atoms. The van der Waals surface area contributed by atoms with Gasteiger partial charge in [0.15, 0.2) is 6.29 Å². The van der Waals surface area contributed by atoms with Gasteiger partial charge in [0.1, 0.15) is 0 Å². The lowest BCUT2D eigenvalue weighted by atomic mass is 10.1. The van der Waals surface area contributed by atoms with Crippen LogP contribution in [0.15, 0.2) is 18.2 Å². The number of rotatable bonds is 7. The summed E-state index contributed by atoms with van der Waals surface area (Å²) in [7, 11) is 0.705. The third-order valence-electron chi connectivity index (χ3n) is 4.74. The molecule has 1 aromatic carbocycles. The summed E-state index contributed by atoms with van der Waals surface area (Å²) >= 11 is 0. The summed E-state index contributed by atoms with van der Waals surface area (Å²) in [5, 5.41) is 0.943. The Kier molecular flexibility index (Phi) is 5.27. The van der Waals surface area contributed by atoms with Crippen LogP contribution in [-0.2, 0) is 22.2 Å². The molecular formula is C18H25N3O3S. The summed E-state index contributed by atoms with van der Waals surface area (Å²) in [6.45, 7) is 2.07. The molecule has 1 aliphatic rings. The molecule has 0 amide bonds. The molecule has 0 atom stereocenters. The second kappa shape index (κ2) is 7.27. The summed E-state index contributed by atoms with van der Waals surface area (Å²) in [6, 6.07) is 5.62. The molecule has 136 valence electrons. The Labute approximate surface area is 148 Å². The number of aldehydes is 1. The topological polar surface area (TPSA) is 73.5 Å². The van der Waals surface area contributed by atoms with Gasteiger partial charge >= 0.3 is 0 Å². The van der Waals surface area contributed by atoms with Crippen molar-refractivity contribution in [1.82, 2.24) is 14.2 Å². The molecule has 2 heterocycles. The predicted molar refractivity (Wildman–Crippen MR) is 99.4 cm³/mol. The van der Waals surface area contributed by atoms with Crippen molar-refractivity contribution in [3.05, 3.63) is 35.0 Å². The molecular weight excluding hydrogens is 338 g/mol. The van der Waals surface area contributed by atoms with Crippen molar-refractivity contribution >= 4 is 27.2 Å². The van der Waals surface area contributed by atoms with Crippen LogP contribution >= 0.6 is 0 Å². The lowest BCUT2D eigenvalue weighted by Crippen LogP contribution is -2.29. The normalized spacial score (nSPS) is 16.1. The molecule has 0 aliphatic carbocycles. The molecule has 6 nitrogen and oxygen atoms in total. The number of aromatic nitrogens is 1. The maximum atomic E-state index is 12.6. The third kappa shape index (κ3) is 3.94. The van der Waals surface area contributed by atoms with E-state index in [2.05, 4.69) is 9.88 Å². The highest BCUT2D eigenvalue weighted by molar-refractivity contribution is 7.88. The average molecular weight is 363 g/mol. The second-order valence-corrected chi connectivity index (χ2v) is 8.90. The van der Waals surface area contributed by atoms with Gasteiger partial charge in [-0.2, -0.15) is 0 Å². The lowest BCUT2D eigenvalue weighted by molar-refractivity contribution is 0.111. The maximum Gasteiger partial charge on any atom is 0.218 e. The van der Waals surface area contributed by atoms with Gasteiger partial charge in [0, 0.05) is 30.5 Å². The number of hydrogen-bond donors (Lipinski definition) is 1. The van der Waals surface area contributed by atoms with E-state index < -0.39 is 10.0 Å². The van der Waals surface area contributed by atoms with Gasteiger partial charge in [0.05, 0.1) is 11.4 Å². The number of H-pyrrole nitrogens is 1. The van der Waals surface area contributed by atoms with Gasteiger partial charge in [-0.25, -0.2) is 12.7 Å². The number of benzene rings is 1. The molecule has 1 aliphatic heterocycles. The zero-order valence-corrected chi connectivity index (χ0v) is 15.6. The van der Waals surface area contributed by atoms with E-state index in [-0.39, 0.29) is 5.75 Å². The Morgan fingerprint density at radius 3 is 2.60 bits per heavy atom. The van der Waals surface area contributed by atoms with Crippen molar-refractivity contribution in [2.45, 2.75) is 25.0 Å². The van der Waals surface area contributed by atoms with E-state index in [1.165, 1.54) is 0 Å². The van der Waals surface area contributed by atoms with E-state index in [4.69, 9.17) is 0 Å². The fourth-order valence-electron chi connectivity index (χ4n) is 3.38. The Balaban J connectivity index is 1.92. The molecule has 0 spiro atoms. The molecule has 1 aromatic heterocycles. The van der Waals surface area contributed by atoms with Crippen LogP contribution in [0.3, 0.4) is 0 Å². The molecule has 1 saturated heterocycles. The number of nitrogens with one attached hydrogen (secondary N) is 1. The van der Waals surface area contributed by atoms with Crippen molar-refractivity contribution < 1.29 is 13.2 Å². The minimum atomic E-state index is -3.27. The quantitative estimate of drug-likeness (QED) is 0.764. The van der Waals surface area contributed by atoms with Gasteiger partial charge in [-0.05, 0) is 56.6 Å². The number of carbonyl (C=O) groups excluding carboxylic acids is 1. The first-order valence-electron chi connectivity index (χ1n) is 8.62. The summed E-state index contributed by atoms with van der Waals surface area (Å²) in [5.74, 6) is 0.0116. The minimum Gasteiger partial charge on any atom is -0.352 e. The number of likely N-dealkylation sites (N-methyl/N-ethyl adjacent to an activating group) is 1. The van der Waals surface area contributed by atoms with Gasteiger partial charge < -0.3 is 9.88 Å². The number of carbonyl (C=O) groups is 1. The van der Waals surface area contributed by atoms with E-state index in [1.54, 1.807) is 4.31 Å². The van der Waals surface area contributed by atoms with Crippen LogP contribution < -0.4 is 0 Å². The number of sulfonamides is 1. The molecule has 0 radical (unpaired) electrons. The number of aromatic amines is 1. The number of nitrogens with zero attached hydrogens (tertiary/aromatic N) is 2. The highest BCUT2D eigenvalue weighted by Crippen LogP contribution is 2.25. The van der Waals surface area contributed by atoms with Crippen molar-refractivity contribution in [3.8, 4) is 0 Å². The van der Waals surface area contributed by atoms with Crippen molar-refractivity contribution in [1.29, 1.82) is 0 Å². The fourth-order valence-corrected chi connectivity index (χ4v) is 4.98. The first-order chi connectivity index (χ1) is 11.9. The van der Waals surface area contributed by atoms with E-state index in [0.717, 1.165) is 54.1 Å². The summed E-state index contributed by atoms with van der Waals surface area (Å²) in [5.41, 5.74) is 3.18. The summed E-state index contributed by atoms with van der Waals surface area (Å²) in [6.07, 6.45) is 3.45. The molecule has 0 saturated carbocycles. The SMILES string of the molecule is CN(C)CCc1c(C=O)[nH]c2ccc(CS(=O)(=O)N3CCCC3)cc12. The van der Waals surface area contributed by atoms with Crippen LogP contribution in [0.5, 0.6) is 0 Å². The van der Waals surface area contributed by atoms with E-state index in [1.807, 2.05) is 32.3 Å². The Bertz CT molecular complexity index is 865. The third-order valence-corrected chi connectivity index (χ3v) is 6.59. The van der Waals surface area contributed by atoms with Crippen LogP contribution in [0.25, 0.3) is 10.9 Å². The lowest BCUT2D eigenvalue weighted by Gasteiger charge is -2.15. The highest BCUT2D eigenvalue weighted by atomic mass is 32.2. The van der Waals surface area contributed by atoms with Gasteiger partial charge in [-0.3, -0.25) is 4.79 Å². The molecule has 1 fully saturated rings. The monoisotopic (exact) mass is 363 g/mol.